The van der Waals surface area contributed by atoms with Crippen molar-refractivity contribution in [3.63, 3.8) is 0 Å². The number of carboxylic acids is 1. The van der Waals surface area contributed by atoms with E-state index >= 15 is 0 Å². The van der Waals surface area contributed by atoms with Gasteiger partial charge < -0.3 is 9.67 Å². The molecule has 0 fully saturated rings. The zero-order valence-corrected chi connectivity index (χ0v) is 12.8. The molecule has 0 spiro atoms. The van der Waals surface area contributed by atoms with Crippen LogP contribution in [0, 0.1) is 12.3 Å². The Balaban J connectivity index is 2.60. The Morgan fingerprint density at radius 1 is 1.39 bits per heavy atom. The Morgan fingerprint density at radius 3 is 2.78 bits per heavy atom. The van der Waals surface area contributed by atoms with Gasteiger partial charge in [-0.25, -0.2) is 9.78 Å². The third-order valence-corrected chi connectivity index (χ3v) is 3.81. The lowest BCUT2D eigenvalue weighted by Crippen LogP contribution is -2.30. The van der Waals surface area contributed by atoms with Crippen molar-refractivity contribution >= 4 is 22.6 Å². The zero-order chi connectivity index (χ0) is 16.7. The van der Waals surface area contributed by atoms with Crippen molar-refractivity contribution in [2.75, 3.05) is 0 Å². The van der Waals surface area contributed by atoms with Crippen molar-refractivity contribution in [2.24, 2.45) is 0 Å². The summed E-state index contributed by atoms with van der Waals surface area (Å²) < 4.78 is 2.90. The molecule has 23 heavy (non-hydrogen) atoms. The van der Waals surface area contributed by atoms with Gasteiger partial charge in [-0.2, -0.15) is 0 Å². The molecule has 0 amide bonds. The Hall–Kier alpha value is -2.96. The molecule has 0 unspecified atom stereocenters. The molecule has 0 aliphatic carbocycles. The highest BCUT2D eigenvalue weighted by atomic mass is 16.4. The van der Waals surface area contributed by atoms with E-state index in [0.717, 1.165) is 5.56 Å². The van der Waals surface area contributed by atoms with Crippen LogP contribution in [0.25, 0.3) is 16.7 Å². The number of aromatic nitrogens is 3. The van der Waals surface area contributed by atoms with Gasteiger partial charge in [-0.05, 0) is 31.0 Å². The lowest BCUT2D eigenvalue weighted by atomic mass is 10.2. The first-order valence-electron chi connectivity index (χ1n) is 7.29. The molecule has 0 saturated carbocycles. The van der Waals surface area contributed by atoms with Crippen LogP contribution in [0.1, 0.15) is 29.3 Å². The molecule has 7 heteroatoms. The first kappa shape index (κ1) is 15.0. The zero-order valence-electron chi connectivity index (χ0n) is 12.8. The third kappa shape index (κ3) is 2.21. The van der Waals surface area contributed by atoms with Crippen LogP contribution in [0.4, 0.5) is 0 Å². The molecular weight excluding hydrogens is 296 g/mol. The topological polar surface area (TPSA) is 100 Å². The van der Waals surface area contributed by atoms with Crippen molar-refractivity contribution in [1.82, 2.24) is 14.0 Å². The number of fused-ring (bicyclic) bond motifs is 2. The van der Waals surface area contributed by atoms with E-state index in [1.54, 1.807) is 12.3 Å². The number of aryl methyl sites for hydroxylation is 2. The van der Waals surface area contributed by atoms with E-state index in [1.165, 1.54) is 15.0 Å². The molecule has 0 atom stereocenters. The standard InChI is InChI=1S/C16H16N4O3/c1-3-6-19-12(17)10(16(22)23)8-11-14(19)18-13-9(2)5-4-7-20(13)15(11)21/h4-5,7-8,17H,3,6H2,1-2H3,(H,22,23). The molecule has 118 valence electrons. The van der Waals surface area contributed by atoms with E-state index in [1.807, 2.05) is 19.9 Å². The van der Waals surface area contributed by atoms with Crippen LogP contribution >= 0.6 is 0 Å². The van der Waals surface area contributed by atoms with E-state index in [2.05, 4.69) is 4.98 Å². The van der Waals surface area contributed by atoms with Crippen LogP contribution in [0.3, 0.4) is 0 Å². The van der Waals surface area contributed by atoms with E-state index in [0.29, 0.717) is 24.3 Å². The minimum Gasteiger partial charge on any atom is -0.478 e. The predicted molar refractivity (Wildman–Crippen MR) is 84.8 cm³/mol. The largest absolute Gasteiger partial charge is 0.478 e. The molecule has 0 aliphatic heterocycles. The van der Waals surface area contributed by atoms with Gasteiger partial charge in [-0.1, -0.05) is 13.0 Å². The number of pyridine rings is 2. The van der Waals surface area contributed by atoms with E-state index in [4.69, 9.17) is 5.41 Å². The van der Waals surface area contributed by atoms with Gasteiger partial charge in [-0.15, -0.1) is 0 Å². The normalized spacial score (nSPS) is 11.2. The summed E-state index contributed by atoms with van der Waals surface area (Å²) in [5, 5.41) is 17.6. The van der Waals surface area contributed by atoms with E-state index in [-0.39, 0.29) is 22.0 Å². The Morgan fingerprint density at radius 2 is 2.13 bits per heavy atom. The minimum atomic E-state index is -1.23. The van der Waals surface area contributed by atoms with Crippen molar-refractivity contribution < 1.29 is 9.90 Å². The van der Waals surface area contributed by atoms with Crippen LogP contribution in [0.5, 0.6) is 0 Å². The second-order valence-corrected chi connectivity index (χ2v) is 5.40. The number of nitrogens with zero attached hydrogens (tertiary/aromatic N) is 3. The van der Waals surface area contributed by atoms with Crippen molar-refractivity contribution in [3.8, 4) is 0 Å². The van der Waals surface area contributed by atoms with E-state index < -0.39 is 5.97 Å². The molecular formula is C16H16N4O3. The van der Waals surface area contributed by atoms with Gasteiger partial charge in [-0.3, -0.25) is 14.6 Å². The fourth-order valence-corrected chi connectivity index (χ4v) is 2.70. The molecule has 3 aromatic heterocycles. The maximum Gasteiger partial charge on any atom is 0.339 e. The lowest BCUT2D eigenvalue weighted by molar-refractivity contribution is 0.0694. The predicted octanol–water partition coefficient (Wildman–Crippen LogP) is 1.55. The van der Waals surface area contributed by atoms with Gasteiger partial charge in [0.25, 0.3) is 5.56 Å². The number of hydrogen-bond acceptors (Lipinski definition) is 4. The number of hydrogen-bond donors (Lipinski definition) is 2. The smallest absolute Gasteiger partial charge is 0.339 e. The lowest BCUT2D eigenvalue weighted by Gasteiger charge is -2.13. The highest BCUT2D eigenvalue weighted by molar-refractivity contribution is 5.91. The fourth-order valence-electron chi connectivity index (χ4n) is 2.70. The van der Waals surface area contributed by atoms with Gasteiger partial charge >= 0.3 is 5.97 Å². The van der Waals surface area contributed by atoms with Crippen LogP contribution < -0.4 is 11.0 Å². The molecule has 2 N–H and O–H groups in total. The molecule has 0 aromatic carbocycles. The van der Waals surface area contributed by atoms with Crippen LogP contribution in [-0.2, 0) is 6.54 Å². The molecule has 0 aliphatic rings. The Bertz CT molecular complexity index is 1060. The van der Waals surface area contributed by atoms with Gasteiger partial charge in [0.05, 0.1) is 5.39 Å². The summed E-state index contributed by atoms with van der Waals surface area (Å²) >= 11 is 0. The van der Waals surface area contributed by atoms with Gasteiger partial charge in [0.1, 0.15) is 22.3 Å². The number of aromatic carboxylic acids is 1. The third-order valence-electron chi connectivity index (χ3n) is 3.81. The second kappa shape index (κ2) is 5.35. The summed E-state index contributed by atoms with van der Waals surface area (Å²) in [6.07, 6.45) is 2.31. The number of rotatable bonds is 3. The second-order valence-electron chi connectivity index (χ2n) is 5.40. The first-order chi connectivity index (χ1) is 11.0. The summed E-state index contributed by atoms with van der Waals surface area (Å²) in [4.78, 5) is 28.7. The minimum absolute atomic E-state index is 0.142. The summed E-state index contributed by atoms with van der Waals surface area (Å²) in [6, 6.07) is 4.84. The molecule has 3 aromatic rings. The number of nitrogens with one attached hydrogen (secondary N) is 1. The number of carboxylic acid groups (broad SMARTS) is 1. The highest BCUT2D eigenvalue weighted by Gasteiger charge is 2.16. The van der Waals surface area contributed by atoms with Crippen LogP contribution in [-0.4, -0.2) is 25.0 Å². The van der Waals surface area contributed by atoms with Crippen molar-refractivity contribution in [1.29, 1.82) is 5.41 Å². The maximum absolute atomic E-state index is 12.7. The quantitative estimate of drug-likeness (QED) is 0.716. The maximum atomic E-state index is 12.7. The highest BCUT2D eigenvalue weighted by Crippen LogP contribution is 2.13. The molecule has 0 saturated heterocycles. The van der Waals surface area contributed by atoms with Crippen molar-refractivity contribution in [3.05, 3.63) is 51.4 Å². The Kier molecular flexibility index (Phi) is 3.48. The fraction of sp³-hybridized carbons (Fsp3) is 0.250. The molecule has 3 heterocycles. The summed E-state index contributed by atoms with van der Waals surface area (Å²) in [5.41, 5.74) is 1.03. The average molecular weight is 312 g/mol. The van der Waals surface area contributed by atoms with Gasteiger partial charge in [0, 0.05) is 12.7 Å². The van der Waals surface area contributed by atoms with Crippen LogP contribution in [0.15, 0.2) is 29.2 Å². The Labute approximate surface area is 131 Å². The van der Waals surface area contributed by atoms with Crippen molar-refractivity contribution in [2.45, 2.75) is 26.8 Å². The molecule has 3 rings (SSSR count). The molecule has 0 bridgehead atoms. The average Bonchev–Trinajstić information content (AvgIpc) is 2.51. The van der Waals surface area contributed by atoms with Gasteiger partial charge in [0.2, 0.25) is 0 Å². The summed E-state index contributed by atoms with van der Waals surface area (Å²) in [5.74, 6) is -1.23. The monoisotopic (exact) mass is 312 g/mol. The summed E-state index contributed by atoms with van der Waals surface area (Å²) in [7, 11) is 0. The molecule has 0 radical (unpaired) electrons. The summed E-state index contributed by atoms with van der Waals surface area (Å²) in [6.45, 7) is 4.20. The molecule has 7 nitrogen and oxygen atoms in total. The number of carbonyl (C=O) groups is 1. The first-order valence-corrected chi connectivity index (χ1v) is 7.29. The van der Waals surface area contributed by atoms with E-state index in [9.17, 15) is 14.7 Å². The van der Waals surface area contributed by atoms with Crippen LogP contribution in [0.2, 0.25) is 0 Å². The SMILES string of the molecule is CCCn1c(=N)c(C(=O)O)cc2c(=O)n3cccc(C)c3nc21. The van der Waals surface area contributed by atoms with Gasteiger partial charge in [0.15, 0.2) is 0 Å².